The van der Waals surface area contributed by atoms with Crippen LogP contribution < -0.4 is 0 Å². The van der Waals surface area contributed by atoms with Crippen molar-refractivity contribution in [1.82, 2.24) is 0 Å². The second kappa shape index (κ2) is 6.46. The first-order valence-electron chi connectivity index (χ1n) is 4.66. The van der Waals surface area contributed by atoms with Crippen molar-refractivity contribution < 1.29 is 9.90 Å². The molecule has 2 nitrogen and oxygen atoms in total. The van der Waals surface area contributed by atoms with E-state index in [1.54, 1.807) is 6.92 Å². The lowest BCUT2D eigenvalue weighted by atomic mass is 9.97. The van der Waals surface area contributed by atoms with Crippen LogP contribution in [0.5, 0.6) is 0 Å². The number of hydrogen-bond acceptors (Lipinski definition) is 1. The minimum atomic E-state index is -0.746. The third-order valence-electron chi connectivity index (χ3n) is 1.98. The van der Waals surface area contributed by atoms with Crippen molar-refractivity contribution >= 4 is 5.97 Å². The molecule has 1 unspecified atom stereocenters. The third kappa shape index (κ3) is 4.51. The molecule has 0 bridgehead atoms. The van der Waals surface area contributed by atoms with Crippen molar-refractivity contribution in [3.05, 3.63) is 23.8 Å². The number of allylic oxidation sites excluding steroid dienone is 3. The first kappa shape index (κ1) is 11.9. The number of aliphatic carboxylic acids is 1. The molecule has 0 aromatic rings. The fourth-order valence-electron chi connectivity index (χ4n) is 1.11. The van der Waals surface area contributed by atoms with Gasteiger partial charge in [-0.1, -0.05) is 30.7 Å². The van der Waals surface area contributed by atoms with E-state index in [9.17, 15) is 4.79 Å². The van der Waals surface area contributed by atoms with Gasteiger partial charge in [-0.05, 0) is 26.7 Å². The number of carboxylic acids is 1. The highest BCUT2D eigenvalue weighted by molar-refractivity contribution is 5.73. The maximum atomic E-state index is 10.7. The molecule has 0 rings (SSSR count). The topological polar surface area (TPSA) is 37.3 Å². The van der Waals surface area contributed by atoms with E-state index in [1.807, 2.05) is 32.1 Å². The highest BCUT2D eigenvalue weighted by Gasteiger charge is 2.14. The lowest BCUT2D eigenvalue weighted by Gasteiger charge is -2.09. The molecule has 0 heterocycles. The van der Waals surface area contributed by atoms with Crippen molar-refractivity contribution in [1.29, 1.82) is 0 Å². The molecule has 0 aromatic heterocycles. The van der Waals surface area contributed by atoms with Gasteiger partial charge in [0.1, 0.15) is 0 Å². The van der Waals surface area contributed by atoms with Crippen LogP contribution in [0.2, 0.25) is 0 Å². The van der Waals surface area contributed by atoms with E-state index >= 15 is 0 Å². The van der Waals surface area contributed by atoms with Crippen LogP contribution in [0.3, 0.4) is 0 Å². The summed E-state index contributed by atoms with van der Waals surface area (Å²) >= 11 is 0. The van der Waals surface area contributed by atoms with E-state index < -0.39 is 5.97 Å². The van der Waals surface area contributed by atoms with Crippen molar-refractivity contribution in [2.75, 3.05) is 0 Å². The summed E-state index contributed by atoms with van der Waals surface area (Å²) in [6.45, 7) is 5.69. The summed E-state index contributed by atoms with van der Waals surface area (Å²) in [5.74, 6) is -1.11. The molecule has 0 aliphatic heterocycles. The van der Waals surface area contributed by atoms with Crippen LogP contribution in [0.25, 0.3) is 0 Å². The molecule has 0 aromatic carbocycles. The summed E-state index contributed by atoms with van der Waals surface area (Å²) in [5.41, 5.74) is 0.994. The molecule has 2 heteroatoms. The van der Waals surface area contributed by atoms with Crippen LogP contribution in [0.1, 0.15) is 33.6 Å². The molecule has 0 radical (unpaired) electrons. The van der Waals surface area contributed by atoms with Crippen molar-refractivity contribution in [2.45, 2.75) is 33.6 Å². The zero-order valence-electron chi connectivity index (χ0n) is 8.58. The Kier molecular flexibility index (Phi) is 5.94. The Labute approximate surface area is 80.0 Å². The molecule has 0 saturated carbocycles. The lowest BCUT2D eigenvalue weighted by molar-refractivity contribution is -0.139. The number of hydrogen-bond donors (Lipinski definition) is 1. The molecule has 1 atom stereocenters. The predicted molar refractivity (Wildman–Crippen MR) is 54.6 cm³/mol. The molecular weight excluding hydrogens is 164 g/mol. The molecule has 74 valence electrons. The summed E-state index contributed by atoms with van der Waals surface area (Å²) in [6, 6.07) is 0. The largest absolute Gasteiger partial charge is 0.481 e. The number of rotatable bonds is 5. The zero-order valence-corrected chi connectivity index (χ0v) is 8.58. The van der Waals surface area contributed by atoms with Gasteiger partial charge in [-0.25, -0.2) is 0 Å². The van der Waals surface area contributed by atoms with Crippen molar-refractivity contribution in [3.8, 4) is 0 Å². The Morgan fingerprint density at radius 1 is 1.54 bits per heavy atom. The number of carbonyl (C=O) groups is 1. The van der Waals surface area contributed by atoms with Crippen LogP contribution in [0, 0.1) is 5.92 Å². The Balaban J connectivity index is 4.41. The summed E-state index contributed by atoms with van der Waals surface area (Å²) in [7, 11) is 0. The summed E-state index contributed by atoms with van der Waals surface area (Å²) < 4.78 is 0. The second-order valence-corrected chi connectivity index (χ2v) is 3.02. The molecule has 0 spiro atoms. The van der Waals surface area contributed by atoms with Crippen LogP contribution in [0.4, 0.5) is 0 Å². The molecule has 0 amide bonds. The Morgan fingerprint density at radius 2 is 2.15 bits per heavy atom. The van der Waals surface area contributed by atoms with Crippen LogP contribution >= 0.6 is 0 Å². The normalized spacial score (nSPS) is 14.8. The third-order valence-corrected chi connectivity index (χ3v) is 1.98. The summed E-state index contributed by atoms with van der Waals surface area (Å²) in [4.78, 5) is 10.7. The molecule has 0 fully saturated rings. The molecule has 1 N–H and O–H groups in total. The van der Waals surface area contributed by atoms with E-state index in [2.05, 4.69) is 0 Å². The van der Waals surface area contributed by atoms with Gasteiger partial charge in [0.15, 0.2) is 0 Å². The average molecular weight is 182 g/mol. The average Bonchev–Trinajstić information content (AvgIpc) is 2.11. The van der Waals surface area contributed by atoms with Gasteiger partial charge in [-0.15, -0.1) is 0 Å². The standard InChI is InChI=1S/C11H18O2/c1-4-6-8-10(7-5-2)9(3)11(12)13/h4,6-7,9H,5,8H2,1-3H3,(H,12,13). The maximum Gasteiger partial charge on any atom is 0.310 e. The monoisotopic (exact) mass is 182 g/mol. The molecule has 0 aliphatic rings. The van der Waals surface area contributed by atoms with Crippen LogP contribution in [-0.4, -0.2) is 11.1 Å². The van der Waals surface area contributed by atoms with Crippen molar-refractivity contribution in [2.24, 2.45) is 5.92 Å². The van der Waals surface area contributed by atoms with E-state index in [0.29, 0.717) is 0 Å². The number of carboxylic acid groups (broad SMARTS) is 1. The van der Waals surface area contributed by atoms with Gasteiger partial charge in [0.05, 0.1) is 5.92 Å². The lowest BCUT2D eigenvalue weighted by Crippen LogP contribution is -2.11. The minimum Gasteiger partial charge on any atom is -0.481 e. The molecule has 0 aliphatic carbocycles. The summed E-state index contributed by atoms with van der Waals surface area (Å²) in [5, 5.41) is 8.81. The quantitative estimate of drug-likeness (QED) is 0.663. The van der Waals surface area contributed by atoms with Gasteiger partial charge >= 0.3 is 5.97 Å². The Hall–Kier alpha value is -1.05. The predicted octanol–water partition coefficient (Wildman–Crippen LogP) is 3.01. The van der Waals surface area contributed by atoms with E-state index in [0.717, 1.165) is 18.4 Å². The Bertz CT molecular complexity index is 214. The first-order chi connectivity index (χ1) is 6.13. The van der Waals surface area contributed by atoms with Gasteiger partial charge in [0.2, 0.25) is 0 Å². The molecule has 0 saturated heterocycles. The minimum absolute atomic E-state index is 0.365. The van der Waals surface area contributed by atoms with Gasteiger partial charge in [0.25, 0.3) is 0 Å². The SMILES string of the molecule is CC=CCC(=CCC)C(C)C(=O)O. The Morgan fingerprint density at radius 3 is 2.54 bits per heavy atom. The summed E-state index contributed by atoms with van der Waals surface area (Å²) in [6.07, 6.45) is 7.57. The van der Waals surface area contributed by atoms with Gasteiger partial charge in [-0.3, -0.25) is 4.79 Å². The van der Waals surface area contributed by atoms with Gasteiger partial charge in [-0.2, -0.15) is 0 Å². The van der Waals surface area contributed by atoms with E-state index in [-0.39, 0.29) is 5.92 Å². The highest BCUT2D eigenvalue weighted by Crippen LogP contribution is 2.16. The fraction of sp³-hybridized carbons (Fsp3) is 0.545. The maximum absolute atomic E-state index is 10.7. The van der Waals surface area contributed by atoms with E-state index in [1.165, 1.54) is 0 Å². The van der Waals surface area contributed by atoms with Crippen molar-refractivity contribution in [3.63, 3.8) is 0 Å². The van der Waals surface area contributed by atoms with E-state index in [4.69, 9.17) is 5.11 Å². The smallest absolute Gasteiger partial charge is 0.310 e. The van der Waals surface area contributed by atoms with Gasteiger partial charge in [0, 0.05) is 0 Å². The first-order valence-corrected chi connectivity index (χ1v) is 4.66. The second-order valence-electron chi connectivity index (χ2n) is 3.02. The molecule has 13 heavy (non-hydrogen) atoms. The van der Waals surface area contributed by atoms with Crippen LogP contribution in [0.15, 0.2) is 23.8 Å². The zero-order chi connectivity index (χ0) is 10.3. The van der Waals surface area contributed by atoms with Crippen LogP contribution in [-0.2, 0) is 4.79 Å². The molecular formula is C11H18O2. The highest BCUT2D eigenvalue weighted by atomic mass is 16.4. The van der Waals surface area contributed by atoms with Gasteiger partial charge < -0.3 is 5.11 Å². The fourth-order valence-corrected chi connectivity index (χ4v) is 1.11.